The highest BCUT2D eigenvalue weighted by molar-refractivity contribution is 5.88. The first-order valence-electron chi connectivity index (χ1n) is 9.60. The zero-order valence-electron chi connectivity index (χ0n) is 15.4. The van der Waals surface area contributed by atoms with Gasteiger partial charge in [0.05, 0.1) is 11.8 Å². The number of ether oxygens (including phenoxy) is 3. The molecule has 0 radical (unpaired) electrons. The number of hydrogen-bond donors (Lipinski definition) is 0. The van der Waals surface area contributed by atoms with Gasteiger partial charge in [-0.15, -0.1) is 0 Å². The lowest BCUT2D eigenvalue weighted by atomic mass is 9.78. The predicted octanol–water partition coefficient (Wildman–Crippen LogP) is 2.55. The standard InChI is InChI=1S/C20H26O6/c1-10(2)17(21)24-15-12-9-11-13(18(22)25-16(11)15)14(12)19(23)26-20(3)7-5-4-6-8-20/h11-16H,1,4-9H2,2-3H3. The highest BCUT2D eigenvalue weighted by Gasteiger charge is 2.70. The molecule has 1 heterocycles. The summed E-state index contributed by atoms with van der Waals surface area (Å²) in [6, 6.07) is 0. The molecule has 1 saturated heterocycles. The molecule has 142 valence electrons. The second-order valence-corrected chi connectivity index (χ2v) is 8.60. The van der Waals surface area contributed by atoms with Gasteiger partial charge in [-0.3, -0.25) is 9.59 Å². The molecular weight excluding hydrogens is 336 g/mol. The van der Waals surface area contributed by atoms with Crippen molar-refractivity contribution >= 4 is 17.9 Å². The van der Waals surface area contributed by atoms with E-state index in [1.54, 1.807) is 6.92 Å². The van der Waals surface area contributed by atoms with Gasteiger partial charge in [0, 0.05) is 17.4 Å². The average molecular weight is 362 g/mol. The highest BCUT2D eigenvalue weighted by atomic mass is 16.6. The number of fused-ring (bicyclic) bond motifs is 1. The molecule has 0 N–H and O–H groups in total. The van der Waals surface area contributed by atoms with Crippen LogP contribution in [-0.4, -0.2) is 35.7 Å². The Balaban J connectivity index is 1.54. The molecule has 3 saturated carbocycles. The van der Waals surface area contributed by atoms with Crippen molar-refractivity contribution in [1.82, 2.24) is 0 Å². The molecule has 0 amide bonds. The van der Waals surface area contributed by atoms with Crippen LogP contribution in [0.15, 0.2) is 12.2 Å². The average Bonchev–Trinajstić information content (AvgIpc) is 3.18. The Kier molecular flexibility index (Phi) is 4.12. The number of carbonyl (C=O) groups excluding carboxylic acids is 3. The molecule has 26 heavy (non-hydrogen) atoms. The highest BCUT2D eigenvalue weighted by Crippen LogP contribution is 2.59. The van der Waals surface area contributed by atoms with Crippen LogP contribution in [0, 0.1) is 23.7 Å². The summed E-state index contributed by atoms with van der Waals surface area (Å²) in [4.78, 5) is 37.4. The zero-order chi connectivity index (χ0) is 18.6. The van der Waals surface area contributed by atoms with E-state index in [-0.39, 0.29) is 23.8 Å². The van der Waals surface area contributed by atoms with E-state index in [0.717, 1.165) is 32.1 Å². The van der Waals surface area contributed by atoms with Crippen molar-refractivity contribution in [2.75, 3.05) is 0 Å². The minimum atomic E-state index is -0.580. The summed E-state index contributed by atoms with van der Waals surface area (Å²) in [5.74, 6) is -2.50. The smallest absolute Gasteiger partial charge is 0.333 e. The molecule has 3 aliphatic carbocycles. The van der Waals surface area contributed by atoms with Crippen LogP contribution in [0.2, 0.25) is 0 Å². The summed E-state index contributed by atoms with van der Waals surface area (Å²) in [5.41, 5.74) is -0.161. The van der Waals surface area contributed by atoms with Gasteiger partial charge in [-0.25, -0.2) is 4.79 Å². The Labute approximate surface area is 153 Å². The van der Waals surface area contributed by atoms with E-state index in [4.69, 9.17) is 14.2 Å². The third-order valence-corrected chi connectivity index (χ3v) is 6.67. The molecule has 0 aromatic carbocycles. The monoisotopic (exact) mass is 362 g/mol. The van der Waals surface area contributed by atoms with Crippen LogP contribution in [-0.2, 0) is 28.6 Å². The quantitative estimate of drug-likeness (QED) is 0.434. The third kappa shape index (κ3) is 2.65. The molecule has 1 aliphatic heterocycles. The van der Waals surface area contributed by atoms with Crippen molar-refractivity contribution in [3.05, 3.63) is 12.2 Å². The topological polar surface area (TPSA) is 78.9 Å². The maximum atomic E-state index is 13.0. The molecule has 0 spiro atoms. The molecule has 0 aromatic heterocycles. The first-order valence-corrected chi connectivity index (χ1v) is 9.60. The van der Waals surface area contributed by atoms with Crippen LogP contribution < -0.4 is 0 Å². The largest absolute Gasteiger partial charge is 0.459 e. The molecule has 6 unspecified atom stereocenters. The summed E-state index contributed by atoms with van der Waals surface area (Å²) >= 11 is 0. The van der Waals surface area contributed by atoms with Gasteiger partial charge < -0.3 is 14.2 Å². The second kappa shape index (κ2) is 6.10. The minimum absolute atomic E-state index is 0.0628. The Morgan fingerprint density at radius 3 is 2.54 bits per heavy atom. The van der Waals surface area contributed by atoms with Crippen molar-refractivity contribution < 1.29 is 28.6 Å². The van der Waals surface area contributed by atoms with Crippen LogP contribution in [0.4, 0.5) is 0 Å². The minimum Gasteiger partial charge on any atom is -0.459 e. The second-order valence-electron chi connectivity index (χ2n) is 8.60. The van der Waals surface area contributed by atoms with Gasteiger partial charge >= 0.3 is 17.9 Å². The SMILES string of the molecule is C=C(C)C(=O)OC1C2CC3C1OC(=O)C3C2C(=O)OC1(C)CCCCC1. The van der Waals surface area contributed by atoms with E-state index in [1.807, 2.05) is 6.92 Å². The van der Waals surface area contributed by atoms with Gasteiger partial charge in [0.25, 0.3) is 0 Å². The van der Waals surface area contributed by atoms with Gasteiger partial charge in [0.15, 0.2) is 0 Å². The Hall–Kier alpha value is -1.85. The molecule has 6 atom stereocenters. The Morgan fingerprint density at radius 2 is 1.88 bits per heavy atom. The summed E-state index contributed by atoms with van der Waals surface area (Å²) in [5, 5.41) is 0. The van der Waals surface area contributed by atoms with Gasteiger partial charge in [-0.2, -0.15) is 0 Å². The van der Waals surface area contributed by atoms with E-state index in [2.05, 4.69) is 6.58 Å². The Bertz CT molecular complexity index is 661. The molecule has 6 nitrogen and oxygen atoms in total. The zero-order valence-corrected chi connectivity index (χ0v) is 15.4. The summed E-state index contributed by atoms with van der Waals surface area (Å²) in [6.45, 7) is 7.16. The van der Waals surface area contributed by atoms with Crippen molar-refractivity contribution in [2.45, 2.75) is 70.2 Å². The maximum Gasteiger partial charge on any atom is 0.333 e. The normalized spacial score (nSPS) is 39.4. The van der Waals surface area contributed by atoms with Gasteiger partial charge in [0.2, 0.25) is 0 Å². The van der Waals surface area contributed by atoms with Gasteiger partial charge in [-0.05, 0) is 46.0 Å². The lowest BCUT2D eigenvalue weighted by Gasteiger charge is -2.36. The van der Waals surface area contributed by atoms with E-state index >= 15 is 0 Å². The predicted molar refractivity (Wildman–Crippen MR) is 90.7 cm³/mol. The van der Waals surface area contributed by atoms with E-state index < -0.39 is 35.6 Å². The third-order valence-electron chi connectivity index (χ3n) is 6.67. The molecule has 4 rings (SSSR count). The summed E-state index contributed by atoms with van der Waals surface area (Å²) in [6.07, 6.45) is 4.61. The summed E-state index contributed by atoms with van der Waals surface area (Å²) < 4.78 is 16.9. The molecule has 6 heteroatoms. The fourth-order valence-electron chi connectivity index (χ4n) is 5.41. The fourth-order valence-corrected chi connectivity index (χ4v) is 5.41. The van der Waals surface area contributed by atoms with E-state index in [0.29, 0.717) is 12.0 Å². The van der Waals surface area contributed by atoms with Crippen LogP contribution >= 0.6 is 0 Å². The van der Waals surface area contributed by atoms with Crippen molar-refractivity contribution in [3.63, 3.8) is 0 Å². The maximum absolute atomic E-state index is 13.0. The van der Waals surface area contributed by atoms with E-state index in [1.165, 1.54) is 0 Å². The molecule has 4 aliphatic rings. The first-order chi connectivity index (χ1) is 12.3. The van der Waals surface area contributed by atoms with Gasteiger partial charge in [-0.1, -0.05) is 13.0 Å². The van der Waals surface area contributed by atoms with Crippen molar-refractivity contribution in [3.8, 4) is 0 Å². The van der Waals surface area contributed by atoms with Crippen LogP contribution in [0.25, 0.3) is 0 Å². The van der Waals surface area contributed by atoms with Crippen LogP contribution in [0.3, 0.4) is 0 Å². The van der Waals surface area contributed by atoms with Gasteiger partial charge in [0.1, 0.15) is 17.8 Å². The first kappa shape index (κ1) is 17.6. The van der Waals surface area contributed by atoms with Crippen LogP contribution in [0.1, 0.15) is 52.4 Å². The number of hydrogen-bond acceptors (Lipinski definition) is 6. The number of carbonyl (C=O) groups is 3. The molecule has 4 fully saturated rings. The van der Waals surface area contributed by atoms with Crippen molar-refractivity contribution in [2.24, 2.45) is 23.7 Å². The molecule has 0 aromatic rings. The van der Waals surface area contributed by atoms with Crippen molar-refractivity contribution in [1.29, 1.82) is 0 Å². The summed E-state index contributed by atoms with van der Waals surface area (Å²) in [7, 11) is 0. The number of rotatable bonds is 4. The number of esters is 3. The van der Waals surface area contributed by atoms with E-state index in [9.17, 15) is 14.4 Å². The fraction of sp³-hybridized carbons (Fsp3) is 0.750. The Morgan fingerprint density at radius 1 is 1.19 bits per heavy atom. The lowest BCUT2D eigenvalue weighted by molar-refractivity contribution is -0.175. The lowest BCUT2D eigenvalue weighted by Crippen LogP contribution is -2.46. The molecular formula is C20H26O6. The molecule has 2 bridgehead atoms. The van der Waals surface area contributed by atoms with Crippen LogP contribution in [0.5, 0.6) is 0 Å².